The van der Waals surface area contributed by atoms with E-state index in [2.05, 4.69) is 0 Å². The van der Waals surface area contributed by atoms with Gasteiger partial charge >= 0.3 is 5.97 Å². The van der Waals surface area contributed by atoms with Gasteiger partial charge in [-0.25, -0.2) is 8.42 Å². The van der Waals surface area contributed by atoms with Crippen molar-refractivity contribution in [3.8, 4) is 0 Å². The summed E-state index contributed by atoms with van der Waals surface area (Å²) >= 11 is 0. The number of aliphatic carboxylic acids is 1. The molecule has 0 aliphatic heterocycles. The van der Waals surface area contributed by atoms with Crippen molar-refractivity contribution in [2.75, 3.05) is 27.2 Å². The number of carbonyl (C=O) groups is 2. The lowest BCUT2D eigenvalue weighted by Gasteiger charge is -2.19. The molecule has 7 nitrogen and oxygen atoms in total. The van der Waals surface area contributed by atoms with Gasteiger partial charge in [0.25, 0.3) is 5.91 Å². The van der Waals surface area contributed by atoms with Gasteiger partial charge in [-0.1, -0.05) is 6.92 Å². The van der Waals surface area contributed by atoms with Crippen molar-refractivity contribution in [2.45, 2.75) is 18.2 Å². The summed E-state index contributed by atoms with van der Waals surface area (Å²) in [5.41, 5.74) is 0.365. The van der Waals surface area contributed by atoms with E-state index in [0.29, 0.717) is 12.0 Å². The Labute approximate surface area is 130 Å². The number of hydrogen-bond acceptors (Lipinski definition) is 4. The zero-order valence-corrected chi connectivity index (χ0v) is 13.6. The van der Waals surface area contributed by atoms with Gasteiger partial charge in [0.2, 0.25) is 10.0 Å². The lowest BCUT2D eigenvalue weighted by Crippen LogP contribution is -2.36. The molecule has 1 N–H and O–H groups in total. The molecule has 0 heterocycles. The molecule has 1 rings (SSSR count). The normalized spacial score (nSPS) is 11.5. The third-order valence-corrected chi connectivity index (χ3v) is 4.79. The van der Waals surface area contributed by atoms with Crippen LogP contribution in [-0.4, -0.2) is 61.8 Å². The van der Waals surface area contributed by atoms with Gasteiger partial charge in [0.15, 0.2) is 0 Å². The summed E-state index contributed by atoms with van der Waals surface area (Å²) in [5, 5.41) is 8.84. The number of carboxylic acids is 1. The summed E-state index contributed by atoms with van der Waals surface area (Å²) < 4.78 is 25.8. The Morgan fingerprint density at radius 3 is 2.09 bits per heavy atom. The second kappa shape index (κ2) is 7.37. The van der Waals surface area contributed by atoms with Crippen LogP contribution in [0.2, 0.25) is 0 Å². The van der Waals surface area contributed by atoms with Gasteiger partial charge < -0.3 is 10.0 Å². The number of hydrogen-bond donors (Lipinski definition) is 1. The Kier molecular flexibility index (Phi) is 6.07. The van der Waals surface area contributed by atoms with E-state index in [9.17, 15) is 18.0 Å². The molecular formula is C14H20N2O5S. The van der Waals surface area contributed by atoms with Crippen molar-refractivity contribution in [1.82, 2.24) is 9.21 Å². The third kappa shape index (κ3) is 4.28. The Morgan fingerprint density at radius 1 is 1.14 bits per heavy atom. The lowest BCUT2D eigenvalue weighted by atomic mass is 10.2. The van der Waals surface area contributed by atoms with Crippen molar-refractivity contribution in [3.05, 3.63) is 29.8 Å². The monoisotopic (exact) mass is 328 g/mol. The van der Waals surface area contributed by atoms with E-state index in [1.165, 1.54) is 29.2 Å². The van der Waals surface area contributed by atoms with E-state index in [1.807, 2.05) is 0 Å². The summed E-state index contributed by atoms with van der Waals surface area (Å²) in [6, 6.07) is 5.47. The molecule has 0 saturated heterocycles. The number of benzene rings is 1. The van der Waals surface area contributed by atoms with Crippen LogP contribution in [-0.2, 0) is 14.8 Å². The van der Waals surface area contributed by atoms with Gasteiger partial charge in [-0.2, -0.15) is 4.31 Å². The molecule has 0 bridgehead atoms. The van der Waals surface area contributed by atoms with E-state index in [0.717, 1.165) is 4.31 Å². The summed E-state index contributed by atoms with van der Waals surface area (Å²) in [4.78, 5) is 24.0. The summed E-state index contributed by atoms with van der Waals surface area (Å²) in [7, 11) is -0.693. The number of sulfonamides is 1. The Balaban J connectivity index is 3.11. The molecule has 1 amide bonds. The highest BCUT2D eigenvalue weighted by Crippen LogP contribution is 2.17. The molecule has 0 spiro atoms. The van der Waals surface area contributed by atoms with Crippen LogP contribution in [0.15, 0.2) is 29.2 Å². The van der Waals surface area contributed by atoms with Crippen molar-refractivity contribution < 1.29 is 23.1 Å². The maximum absolute atomic E-state index is 12.4. The predicted molar refractivity (Wildman–Crippen MR) is 81.1 cm³/mol. The Morgan fingerprint density at radius 2 is 1.68 bits per heavy atom. The first-order chi connectivity index (χ1) is 10.2. The fraction of sp³-hybridized carbons (Fsp3) is 0.429. The van der Waals surface area contributed by atoms with Gasteiger partial charge in [0.1, 0.15) is 6.54 Å². The molecule has 122 valence electrons. The quantitative estimate of drug-likeness (QED) is 0.801. The van der Waals surface area contributed by atoms with E-state index in [4.69, 9.17) is 5.11 Å². The maximum atomic E-state index is 12.4. The molecule has 0 unspecified atom stereocenters. The fourth-order valence-electron chi connectivity index (χ4n) is 1.86. The minimum atomic E-state index is -3.89. The summed E-state index contributed by atoms with van der Waals surface area (Å²) in [6.45, 7) is 1.30. The average molecular weight is 328 g/mol. The Hall–Kier alpha value is -1.93. The molecule has 8 heteroatoms. The second-order valence-corrected chi connectivity index (χ2v) is 6.89. The van der Waals surface area contributed by atoms with E-state index >= 15 is 0 Å². The molecule has 0 fully saturated rings. The highest BCUT2D eigenvalue weighted by atomic mass is 32.2. The number of amides is 1. The number of rotatable bonds is 7. The molecule has 1 aromatic rings. The van der Waals surface area contributed by atoms with Crippen LogP contribution >= 0.6 is 0 Å². The largest absolute Gasteiger partial charge is 0.480 e. The van der Waals surface area contributed by atoms with Gasteiger partial charge in [-0.05, 0) is 30.7 Å². The zero-order valence-electron chi connectivity index (χ0n) is 12.8. The topological polar surface area (TPSA) is 95.0 Å². The molecule has 0 radical (unpaired) electrons. The number of carboxylic acid groups (broad SMARTS) is 1. The SMILES string of the molecule is CCCN(CC(=O)O)S(=O)(=O)c1ccc(C(=O)N(C)C)cc1. The molecule has 0 saturated carbocycles. The minimum Gasteiger partial charge on any atom is -0.480 e. The third-order valence-electron chi connectivity index (χ3n) is 2.93. The van der Waals surface area contributed by atoms with Crippen molar-refractivity contribution in [2.24, 2.45) is 0 Å². The van der Waals surface area contributed by atoms with E-state index in [1.54, 1.807) is 21.0 Å². The van der Waals surface area contributed by atoms with Crippen LogP contribution in [0.5, 0.6) is 0 Å². The molecule has 0 aliphatic carbocycles. The summed E-state index contributed by atoms with van der Waals surface area (Å²) in [6.07, 6.45) is 0.504. The van der Waals surface area contributed by atoms with Crippen LogP contribution in [0.3, 0.4) is 0 Å². The van der Waals surface area contributed by atoms with Gasteiger partial charge in [0.05, 0.1) is 4.90 Å². The van der Waals surface area contributed by atoms with Gasteiger partial charge in [0, 0.05) is 26.2 Å². The Bertz CT molecular complexity index is 638. The first-order valence-electron chi connectivity index (χ1n) is 6.73. The van der Waals surface area contributed by atoms with Gasteiger partial charge in [-0.15, -0.1) is 0 Å². The number of carbonyl (C=O) groups excluding carboxylic acids is 1. The lowest BCUT2D eigenvalue weighted by molar-refractivity contribution is -0.137. The first-order valence-corrected chi connectivity index (χ1v) is 8.17. The van der Waals surface area contributed by atoms with Crippen LogP contribution in [0.4, 0.5) is 0 Å². The zero-order chi connectivity index (χ0) is 16.9. The number of nitrogens with zero attached hydrogens (tertiary/aromatic N) is 2. The van der Waals surface area contributed by atoms with Crippen LogP contribution in [0.25, 0.3) is 0 Å². The van der Waals surface area contributed by atoms with Gasteiger partial charge in [-0.3, -0.25) is 9.59 Å². The highest BCUT2D eigenvalue weighted by Gasteiger charge is 2.26. The molecular weight excluding hydrogens is 308 g/mol. The highest BCUT2D eigenvalue weighted by molar-refractivity contribution is 7.89. The van der Waals surface area contributed by atoms with Crippen LogP contribution in [0.1, 0.15) is 23.7 Å². The van der Waals surface area contributed by atoms with Crippen molar-refractivity contribution >= 4 is 21.9 Å². The van der Waals surface area contributed by atoms with Crippen LogP contribution in [0, 0.1) is 0 Å². The molecule has 0 atom stereocenters. The van der Waals surface area contributed by atoms with Crippen LogP contribution < -0.4 is 0 Å². The molecule has 22 heavy (non-hydrogen) atoms. The second-order valence-electron chi connectivity index (χ2n) is 4.96. The maximum Gasteiger partial charge on any atom is 0.318 e. The summed E-state index contributed by atoms with van der Waals surface area (Å²) in [5.74, 6) is -1.45. The molecule has 0 aliphatic rings. The minimum absolute atomic E-state index is 0.0301. The first kappa shape index (κ1) is 18.1. The van der Waals surface area contributed by atoms with E-state index in [-0.39, 0.29) is 17.3 Å². The molecule has 1 aromatic carbocycles. The predicted octanol–water partition coefficient (Wildman–Crippen LogP) is 0.874. The smallest absolute Gasteiger partial charge is 0.318 e. The van der Waals surface area contributed by atoms with E-state index < -0.39 is 22.5 Å². The fourth-order valence-corrected chi connectivity index (χ4v) is 3.34. The van der Waals surface area contributed by atoms with Crippen molar-refractivity contribution in [1.29, 1.82) is 0 Å². The average Bonchev–Trinajstić information content (AvgIpc) is 2.45. The standard InChI is InChI=1S/C14H20N2O5S/c1-4-9-16(10-13(17)18)22(20,21)12-7-5-11(6-8-12)14(19)15(2)3/h5-8H,4,9-10H2,1-3H3,(H,17,18). The van der Waals surface area contributed by atoms with Crippen molar-refractivity contribution in [3.63, 3.8) is 0 Å². The molecule has 0 aromatic heterocycles.